The topological polar surface area (TPSA) is 88.2 Å². The van der Waals surface area contributed by atoms with Crippen molar-refractivity contribution in [1.82, 2.24) is 4.98 Å². The summed E-state index contributed by atoms with van der Waals surface area (Å²) in [7, 11) is 0. The molecule has 0 radical (unpaired) electrons. The fourth-order valence-corrected chi connectivity index (χ4v) is 2.29. The number of nitrogens with two attached hydrogens (primary N) is 1. The number of pyridine rings is 1. The summed E-state index contributed by atoms with van der Waals surface area (Å²) in [6.07, 6.45) is 4.78. The lowest BCUT2D eigenvalue weighted by Crippen LogP contribution is -2.19. The Bertz CT molecular complexity index is 434. The van der Waals surface area contributed by atoms with Gasteiger partial charge in [0.05, 0.1) is 11.9 Å². The summed E-state index contributed by atoms with van der Waals surface area (Å²) in [4.78, 5) is 15.1. The Balaban J connectivity index is 2.17. The van der Waals surface area contributed by atoms with Crippen LogP contribution in [-0.4, -0.2) is 22.1 Å². The number of rotatable bonds is 3. The van der Waals surface area contributed by atoms with Gasteiger partial charge in [0.15, 0.2) is 0 Å². The second-order valence-corrected chi connectivity index (χ2v) is 4.73. The van der Waals surface area contributed by atoms with Crippen molar-refractivity contribution in [3.8, 4) is 0 Å². The predicted octanol–water partition coefficient (Wildman–Crippen LogP) is 1.96. The lowest BCUT2D eigenvalue weighted by Gasteiger charge is -2.15. The van der Waals surface area contributed by atoms with E-state index in [1.54, 1.807) is 0 Å². The third-order valence-electron chi connectivity index (χ3n) is 3.17. The monoisotopic (exact) mass is 235 g/mol. The average Bonchev–Trinajstić information content (AvgIpc) is 2.66. The molecule has 2 rings (SSSR count). The Morgan fingerprint density at radius 2 is 2.35 bits per heavy atom. The van der Waals surface area contributed by atoms with Gasteiger partial charge in [0, 0.05) is 6.04 Å². The quantitative estimate of drug-likeness (QED) is 0.745. The van der Waals surface area contributed by atoms with Crippen molar-refractivity contribution in [1.29, 1.82) is 0 Å². The molecule has 2 unspecified atom stereocenters. The van der Waals surface area contributed by atoms with E-state index in [0.29, 0.717) is 23.5 Å². The van der Waals surface area contributed by atoms with Gasteiger partial charge in [-0.25, -0.2) is 9.78 Å². The molecule has 1 aliphatic carbocycles. The van der Waals surface area contributed by atoms with Crippen LogP contribution in [0.1, 0.15) is 36.5 Å². The third-order valence-corrected chi connectivity index (χ3v) is 3.17. The number of anilines is 2. The summed E-state index contributed by atoms with van der Waals surface area (Å²) in [6.45, 7) is 2.20. The average molecular weight is 235 g/mol. The smallest absolute Gasteiger partial charge is 0.339 e. The molecule has 1 heterocycles. The van der Waals surface area contributed by atoms with Gasteiger partial charge in [0.1, 0.15) is 11.4 Å². The van der Waals surface area contributed by atoms with Crippen LogP contribution in [0.4, 0.5) is 11.5 Å². The van der Waals surface area contributed by atoms with Gasteiger partial charge in [-0.3, -0.25) is 0 Å². The fraction of sp³-hybridized carbons (Fsp3) is 0.500. The second-order valence-electron chi connectivity index (χ2n) is 4.73. The number of aromatic nitrogens is 1. The molecule has 0 saturated heterocycles. The van der Waals surface area contributed by atoms with Crippen molar-refractivity contribution < 1.29 is 9.90 Å². The zero-order valence-electron chi connectivity index (χ0n) is 9.81. The second kappa shape index (κ2) is 4.61. The molecule has 1 fully saturated rings. The number of carboxylic acids is 1. The van der Waals surface area contributed by atoms with E-state index >= 15 is 0 Å². The number of hydrogen-bond donors (Lipinski definition) is 3. The molecule has 5 nitrogen and oxygen atoms in total. The van der Waals surface area contributed by atoms with E-state index in [9.17, 15) is 4.79 Å². The maximum atomic E-state index is 11.1. The first-order valence-electron chi connectivity index (χ1n) is 5.81. The number of nitrogens with one attached hydrogen (secondary N) is 1. The molecule has 2 atom stereocenters. The minimum absolute atomic E-state index is 0.143. The van der Waals surface area contributed by atoms with E-state index in [-0.39, 0.29) is 5.56 Å². The largest absolute Gasteiger partial charge is 0.478 e. The predicted molar refractivity (Wildman–Crippen MR) is 66.0 cm³/mol. The van der Waals surface area contributed by atoms with E-state index in [0.717, 1.165) is 12.8 Å². The minimum atomic E-state index is -1.00. The van der Waals surface area contributed by atoms with Crippen LogP contribution in [-0.2, 0) is 0 Å². The first-order chi connectivity index (χ1) is 8.06. The Kier molecular flexibility index (Phi) is 3.17. The van der Waals surface area contributed by atoms with Crippen LogP contribution < -0.4 is 11.1 Å². The van der Waals surface area contributed by atoms with Crippen LogP contribution in [0.15, 0.2) is 12.3 Å². The van der Waals surface area contributed by atoms with Crippen molar-refractivity contribution in [3.05, 3.63) is 17.8 Å². The summed E-state index contributed by atoms with van der Waals surface area (Å²) in [6, 6.07) is 1.76. The van der Waals surface area contributed by atoms with Crippen LogP contribution in [0.3, 0.4) is 0 Å². The molecule has 0 aliphatic heterocycles. The highest BCUT2D eigenvalue weighted by molar-refractivity contribution is 5.94. The molecule has 4 N–H and O–H groups in total. The molecule has 0 aromatic carbocycles. The number of carbonyl (C=O) groups is 1. The van der Waals surface area contributed by atoms with Gasteiger partial charge in [-0.2, -0.15) is 0 Å². The van der Waals surface area contributed by atoms with Gasteiger partial charge in [0.2, 0.25) is 0 Å². The number of nitrogen functional groups attached to an aromatic ring is 1. The van der Waals surface area contributed by atoms with Crippen LogP contribution >= 0.6 is 0 Å². The molecule has 0 spiro atoms. The van der Waals surface area contributed by atoms with Crippen LogP contribution in [0.5, 0.6) is 0 Å². The molecule has 92 valence electrons. The van der Waals surface area contributed by atoms with E-state index in [1.807, 2.05) is 0 Å². The Hall–Kier alpha value is -1.78. The first-order valence-corrected chi connectivity index (χ1v) is 5.81. The fourth-order valence-electron chi connectivity index (χ4n) is 2.29. The maximum absolute atomic E-state index is 11.1. The van der Waals surface area contributed by atoms with Crippen molar-refractivity contribution in [2.24, 2.45) is 5.92 Å². The van der Waals surface area contributed by atoms with Gasteiger partial charge < -0.3 is 16.2 Å². The zero-order chi connectivity index (χ0) is 12.4. The van der Waals surface area contributed by atoms with Gasteiger partial charge in [0.25, 0.3) is 0 Å². The Morgan fingerprint density at radius 3 is 2.94 bits per heavy atom. The molecular formula is C12H17N3O2. The van der Waals surface area contributed by atoms with E-state index < -0.39 is 5.97 Å². The van der Waals surface area contributed by atoms with Crippen molar-refractivity contribution in [3.63, 3.8) is 0 Å². The number of aromatic carboxylic acids is 1. The Morgan fingerprint density at radius 1 is 1.59 bits per heavy atom. The van der Waals surface area contributed by atoms with Crippen molar-refractivity contribution in [2.45, 2.75) is 32.2 Å². The molecule has 17 heavy (non-hydrogen) atoms. The molecule has 0 amide bonds. The van der Waals surface area contributed by atoms with Crippen LogP contribution in [0, 0.1) is 5.92 Å². The standard InChI is InChI=1S/C12H17N3O2/c1-7-2-3-9(4-7)15-11-10(12(16)17)5-8(13)6-14-11/h5-7,9H,2-4,13H2,1H3,(H,14,15)(H,16,17). The zero-order valence-corrected chi connectivity index (χ0v) is 9.81. The highest BCUT2D eigenvalue weighted by Crippen LogP contribution is 2.28. The van der Waals surface area contributed by atoms with E-state index in [2.05, 4.69) is 17.2 Å². The van der Waals surface area contributed by atoms with E-state index in [1.165, 1.54) is 18.7 Å². The van der Waals surface area contributed by atoms with Gasteiger partial charge >= 0.3 is 5.97 Å². The summed E-state index contributed by atoms with van der Waals surface area (Å²) in [5.74, 6) is 0.110. The molecular weight excluding hydrogens is 218 g/mol. The van der Waals surface area contributed by atoms with Gasteiger partial charge in [-0.05, 0) is 31.2 Å². The maximum Gasteiger partial charge on any atom is 0.339 e. The highest BCUT2D eigenvalue weighted by atomic mass is 16.4. The van der Waals surface area contributed by atoms with Crippen LogP contribution in [0.25, 0.3) is 0 Å². The molecule has 1 saturated carbocycles. The summed E-state index contributed by atoms with van der Waals surface area (Å²) < 4.78 is 0. The normalized spacial score (nSPS) is 23.6. The summed E-state index contributed by atoms with van der Waals surface area (Å²) in [5.41, 5.74) is 6.05. The van der Waals surface area contributed by atoms with Gasteiger partial charge in [-0.15, -0.1) is 0 Å². The third kappa shape index (κ3) is 2.67. The van der Waals surface area contributed by atoms with Crippen molar-refractivity contribution >= 4 is 17.5 Å². The molecule has 5 heteroatoms. The van der Waals surface area contributed by atoms with E-state index in [4.69, 9.17) is 10.8 Å². The molecule has 1 aromatic rings. The van der Waals surface area contributed by atoms with Crippen molar-refractivity contribution in [2.75, 3.05) is 11.1 Å². The van der Waals surface area contributed by atoms with Gasteiger partial charge in [-0.1, -0.05) is 6.92 Å². The molecule has 0 bridgehead atoms. The lowest BCUT2D eigenvalue weighted by molar-refractivity contribution is 0.0697. The first kappa shape index (κ1) is 11.7. The minimum Gasteiger partial charge on any atom is -0.478 e. The highest BCUT2D eigenvalue weighted by Gasteiger charge is 2.23. The lowest BCUT2D eigenvalue weighted by atomic mass is 10.1. The number of nitrogens with zero attached hydrogens (tertiary/aromatic N) is 1. The number of hydrogen-bond acceptors (Lipinski definition) is 4. The molecule has 1 aromatic heterocycles. The summed E-state index contributed by atoms with van der Waals surface area (Å²) >= 11 is 0. The summed E-state index contributed by atoms with van der Waals surface area (Å²) in [5, 5.41) is 12.3. The molecule has 1 aliphatic rings. The SMILES string of the molecule is CC1CCC(Nc2ncc(N)cc2C(=O)O)C1. The Labute approximate surface area is 100 Å². The van der Waals surface area contributed by atoms with Crippen LogP contribution in [0.2, 0.25) is 0 Å². The number of carboxylic acid groups (broad SMARTS) is 1.